The number of benzene rings is 1. The average molecular weight is 344 g/mol. The smallest absolute Gasteiger partial charge is 0.273 e. The fraction of sp³-hybridized carbons (Fsp3) is 0.562. The number of halogens is 1. The van der Waals surface area contributed by atoms with Gasteiger partial charge in [-0.2, -0.15) is 0 Å². The van der Waals surface area contributed by atoms with Crippen molar-refractivity contribution >= 4 is 24.0 Å². The molecule has 0 saturated carbocycles. The second-order valence-corrected chi connectivity index (χ2v) is 6.27. The Kier molecular flexibility index (Phi) is 8.20. The Morgan fingerprint density at radius 3 is 2.48 bits per heavy atom. The molecule has 0 aliphatic carbocycles. The number of aryl methyl sites for hydroxylation is 1. The maximum absolute atomic E-state index is 12.4. The first-order valence-corrected chi connectivity index (χ1v) is 7.52. The van der Waals surface area contributed by atoms with Gasteiger partial charge in [0.05, 0.1) is 4.92 Å². The van der Waals surface area contributed by atoms with Crippen LogP contribution in [-0.4, -0.2) is 22.9 Å². The van der Waals surface area contributed by atoms with Crippen molar-refractivity contribution in [2.45, 2.75) is 46.1 Å². The molecule has 6 nitrogen and oxygen atoms in total. The molecule has 1 aromatic rings. The van der Waals surface area contributed by atoms with Crippen molar-refractivity contribution in [1.29, 1.82) is 0 Å². The lowest BCUT2D eigenvalue weighted by Gasteiger charge is -2.31. The van der Waals surface area contributed by atoms with Crippen LogP contribution in [0.1, 0.15) is 50.0 Å². The number of carbonyl (C=O) groups excluding carboxylic acids is 1. The quantitative estimate of drug-likeness (QED) is 0.587. The number of hydrogen-bond acceptors (Lipinski definition) is 4. The highest BCUT2D eigenvalue weighted by Gasteiger charge is 2.27. The topological polar surface area (TPSA) is 98.3 Å². The monoisotopic (exact) mass is 343 g/mol. The second kappa shape index (κ2) is 8.84. The summed E-state index contributed by atoms with van der Waals surface area (Å²) in [7, 11) is 0. The number of carbonyl (C=O) groups is 1. The Labute approximate surface area is 143 Å². The lowest BCUT2D eigenvalue weighted by molar-refractivity contribution is -0.385. The molecule has 0 fully saturated rings. The summed E-state index contributed by atoms with van der Waals surface area (Å²) in [4.78, 5) is 23.0. The van der Waals surface area contributed by atoms with Gasteiger partial charge in [0.25, 0.3) is 11.6 Å². The van der Waals surface area contributed by atoms with Crippen molar-refractivity contribution in [2.24, 2.45) is 11.7 Å². The predicted molar refractivity (Wildman–Crippen MR) is 94.1 cm³/mol. The molecule has 1 aromatic carbocycles. The number of hydrogen-bond donors (Lipinski definition) is 2. The first-order valence-electron chi connectivity index (χ1n) is 7.52. The van der Waals surface area contributed by atoms with Crippen LogP contribution < -0.4 is 11.1 Å². The number of nitrogens with two attached hydrogens (primary N) is 1. The highest BCUT2D eigenvalue weighted by atomic mass is 35.5. The van der Waals surface area contributed by atoms with Gasteiger partial charge >= 0.3 is 0 Å². The van der Waals surface area contributed by atoms with E-state index in [0.717, 1.165) is 6.42 Å². The van der Waals surface area contributed by atoms with Crippen LogP contribution in [0.15, 0.2) is 18.2 Å². The molecule has 0 aromatic heterocycles. The van der Waals surface area contributed by atoms with E-state index in [4.69, 9.17) is 5.73 Å². The van der Waals surface area contributed by atoms with E-state index in [-0.39, 0.29) is 29.6 Å². The zero-order valence-corrected chi connectivity index (χ0v) is 14.9. The Hall–Kier alpha value is -1.66. The molecule has 0 saturated heterocycles. The van der Waals surface area contributed by atoms with Crippen LogP contribution in [0.2, 0.25) is 0 Å². The van der Waals surface area contributed by atoms with Gasteiger partial charge in [0, 0.05) is 29.3 Å². The van der Waals surface area contributed by atoms with Gasteiger partial charge in [-0.1, -0.05) is 26.8 Å². The van der Waals surface area contributed by atoms with Crippen molar-refractivity contribution in [2.75, 3.05) is 6.54 Å². The van der Waals surface area contributed by atoms with Crippen LogP contribution in [0.4, 0.5) is 5.69 Å². The molecule has 1 atom stereocenters. The first-order chi connectivity index (χ1) is 10.2. The molecule has 0 heterocycles. The van der Waals surface area contributed by atoms with E-state index in [1.807, 2.05) is 13.8 Å². The number of rotatable bonds is 7. The highest BCUT2D eigenvalue weighted by molar-refractivity contribution is 5.95. The molecule has 0 spiro atoms. The zero-order valence-electron chi connectivity index (χ0n) is 14.1. The Bertz CT molecular complexity index is 564. The number of nitrogens with zero attached hydrogens (tertiary/aromatic N) is 1. The van der Waals surface area contributed by atoms with Crippen molar-refractivity contribution < 1.29 is 9.72 Å². The molecular formula is C16H26ClN3O3. The Morgan fingerprint density at radius 2 is 2.04 bits per heavy atom. The zero-order chi connectivity index (χ0) is 16.9. The molecule has 0 aliphatic heterocycles. The van der Waals surface area contributed by atoms with E-state index in [0.29, 0.717) is 24.4 Å². The lowest BCUT2D eigenvalue weighted by Crippen LogP contribution is -2.52. The first kappa shape index (κ1) is 21.3. The molecule has 23 heavy (non-hydrogen) atoms. The van der Waals surface area contributed by atoms with E-state index in [2.05, 4.69) is 19.2 Å². The summed E-state index contributed by atoms with van der Waals surface area (Å²) in [6.45, 7) is 8.16. The van der Waals surface area contributed by atoms with E-state index >= 15 is 0 Å². The normalized spacial score (nSPS) is 13.1. The molecule has 1 unspecified atom stereocenters. The molecular weight excluding hydrogens is 318 g/mol. The third-order valence-electron chi connectivity index (χ3n) is 3.65. The van der Waals surface area contributed by atoms with Gasteiger partial charge in [0.15, 0.2) is 0 Å². The van der Waals surface area contributed by atoms with E-state index in [9.17, 15) is 14.9 Å². The number of nitro groups is 1. The number of nitrogens with one attached hydrogen (secondary N) is 1. The molecule has 130 valence electrons. The minimum Gasteiger partial charge on any atom is -0.346 e. The third-order valence-corrected chi connectivity index (χ3v) is 3.65. The molecule has 0 radical (unpaired) electrons. The second-order valence-electron chi connectivity index (χ2n) is 6.27. The molecule has 1 rings (SSSR count). The van der Waals surface area contributed by atoms with Crippen molar-refractivity contribution in [3.63, 3.8) is 0 Å². The fourth-order valence-electron chi connectivity index (χ4n) is 2.61. The predicted octanol–water partition coefficient (Wildman–Crippen LogP) is 3.07. The molecule has 0 bridgehead atoms. The van der Waals surface area contributed by atoms with E-state index < -0.39 is 10.5 Å². The van der Waals surface area contributed by atoms with Crippen LogP contribution >= 0.6 is 12.4 Å². The Balaban J connectivity index is 0.00000484. The molecule has 7 heteroatoms. The van der Waals surface area contributed by atoms with Gasteiger partial charge in [0.1, 0.15) is 0 Å². The third kappa shape index (κ3) is 5.80. The largest absolute Gasteiger partial charge is 0.346 e. The summed E-state index contributed by atoms with van der Waals surface area (Å²) in [5.74, 6) is 0.0463. The fourth-order valence-corrected chi connectivity index (χ4v) is 2.61. The minimum atomic E-state index is -0.524. The minimum absolute atomic E-state index is 0. The summed E-state index contributed by atoms with van der Waals surface area (Å²) in [5.41, 5.74) is 6.14. The summed E-state index contributed by atoms with van der Waals surface area (Å²) in [6.07, 6.45) is 1.29. The van der Waals surface area contributed by atoms with Gasteiger partial charge in [-0.25, -0.2) is 0 Å². The molecule has 3 N–H and O–H groups in total. The summed E-state index contributed by atoms with van der Waals surface area (Å²) >= 11 is 0. The standard InChI is InChI=1S/C16H25N3O3.ClH/c1-5-12-6-7-13(8-14(12)19(21)22)15(20)18-16(4,10-17)9-11(2)3;/h6-8,11H,5,9-10,17H2,1-4H3,(H,18,20);1H. The van der Waals surface area contributed by atoms with Crippen LogP contribution in [0, 0.1) is 16.0 Å². The van der Waals surface area contributed by atoms with Gasteiger partial charge in [-0.15, -0.1) is 12.4 Å². The summed E-state index contributed by atoms with van der Waals surface area (Å²) < 4.78 is 0. The molecule has 0 aliphatic rings. The maximum Gasteiger partial charge on any atom is 0.273 e. The van der Waals surface area contributed by atoms with Gasteiger partial charge in [0.2, 0.25) is 0 Å². The van der Waals surface area contributed by atoms with Crippen molar-refractivity contribution in [1.82, 2.24) is 5.32 Å². The SMILES string of the molecule is CCc1ccc(C(=O)NC(C)(CN)CC(C)C)cc1[N+](=O)[O-].Cl. The summed E-state index contributed by atoms with van der Waals surface area (Å²) in [5, 5.41) is 14.0. The van der Waals surface area contributed by atoms with Crippen LogP contribution in [0.3, 0.4) is 0 Å². The summed E-state index contributed by atoms with van der Waals surface area (Å²) in [6, 6.07) is 4.59. The van der Waals surface area contributed by atoms with Gasteiger partial charge in [-0.05, 0) is 31.7 Å². The van der Waals surface area contributed by atoms with Gasteiger partial charge in [-0.3, -0.25) is 14.9 Å². The van der Waals surface area contributed by atoms with Crippen LogP contribution in [0.5, 0.6) is 0 Å². The lowest BCUT2D eigenvalue weighted by atomic mass is 9.90. The van der Waals surface area contributed by atoms with Crippen LogP contribution in [-0.2, 0) is 6.42 Å². The highest BCUT2D eigenvalue weighted by Crippen LogP contribution is 2.22. The van der Waals surface area contributed by atoms with Crippen molar-refractivity contribution in [3.8, 4) is 0 Å². The van der Waals surface area contributed by atoms with E-state index in [1.54, 1.807) is 12.1 Å². The van der Waals surface area contributed by atoms with Crippen LogP contribution in [0.25, 0.3) is 0 Å². The number of amides is 1. The number of nitro benzene ring substituents is 1. The average Bonchev–Trinajstić information content (AvgIpc) is 2.45. The van der Waals surface area contributed by atoms with Crippen molar-refractivity contribution in [3.05, 3.63) is 39.4 Å². The van der Waals surface area contributed by atoms with E-state index in [1.165, 1.54) is 6.07 Å². The maximum atomic E-state index is 12.4. The Morgan fingerprint density at radius 1 is 1.43 bits per heavy atom. The van der Waals surface area contributed by atoms with Gasteiger partial charge < -0.3 is 11.1 Å². The molecule has 1 amide bonds.